The molecule has 0 aliphatic carbocycles. The monoisotopic (exact) mass is 373 g/mol. The van der Waals surface area contributed by atoms with Gasteiger partial charge in [-0.05, 0) is 23.6 Å². The van der Waals surface area contributed by atoms with E-state index in [4.69, 9.17) is 0 Å². The van der Waals surface area contributed by atoms with Crippen LogP contribution in [-0.4, -0.2) is 28.5 Å². The number of carbonyl (C=O) groups is 2. The number of benzene rings is 1. The Hall–Kier alpha value is -3.49. The molecule has 142 valence electrons. The van der Waals surface area contributed by atoms with Crippen LogP contribution in [0, 0.1) is 10.1 Å². The number of nitro groups is 1. The van der Waals surface area contributed by atoms with Crippen LogP contribution in [0.15, 0.2) is 41.3 Å². The summed E-state index contributed by atoms with van der Waals surface area (Å²) in [5.41, 5.74) is -0.296. The summed E-state index contributed by atoms with van der Waals surface area (Å²) in [7, 11) is 1.05. The molecule has 0 atom stereocenters. The smallest absolute Gasteiger partial charge is 0.343 e. The molecule has 9 heteroatoms. The SMILES string of the molecule is COC(=O)c1cc([N+](=O)[O-])cn(CC(=O)Nc2cccc(C(C)C)c2)c1=O. The van der Waals surface area contributed by atoms with Gasteiger partial charge in [-0.2, -0.15) is 0 Å². The number of carbonyl (C=O) groups excluding carboxylic acids is 2. The summed E-state index contributed by atoms with van der Waals surface area (Å²) < 4.78 is 5.28. The summed E-state index contributed by atoms with van der Waals surface area (Å²) in [6.45, 7) is 3.53. The molecule has 0 unspecified atom stereocenters. The third-order valence-corrected chi connectivity index (χ3v) is 3.84. The number of amides is 1. The Morgan fingerprint density at radius 3 is 2.59 bits per heavy atom. The number of anilines is 1. The van der Waals surface area contributed by atoms with Gasteiger partial charge in [0.15, 0.2) is 0 Å². The summed E-state index contributed by atoms with van der Waals surface area (Å²) in [6.07, 6.45) is 0.916. The number of rotatable bonds is 6. The third-order valence-electron chi connectivity index (χ3n) is 3.84. The first-order valence-electron chi connectivity index (χ1n) is 8.10. The molecule has 0 saturated heterocycles. The normalized spacial score (nSPS) is 10.5. The Morgan fingerprint density at radius 1 is 1.30 bits per heavy atom. The number of esters is 1. The van der Waals surface area contributed by atoms with E-state index in [9.17, 15) is 24.5 Å². The molecular formula is C18H19N3O6. The highest BCUT2D eigenvalue weighted by Gasteiger charge is 2.20. The average Bonchev–Trinajstić information content (AvgIpc) is 2.62. The number of methoxy groups -OCH3 is 1. The van der Waals surface area contributed by atoms with Gasteiger partial charge in [0.25, 0.3) is 11.2 Å². The lowest BCUT2D eigenvalue weighted by molar-refractivity contribution is -0.385. The first-order valence-corrected chi connectivity index (χ1v) is 8.10. The van der Waals surface area contributed by atoms with E-state index >= 15 is 0 Å². The van der Waals surface area contributed by atoms with Gasteiger partial charge >= 0.3 is 5.97 Å². The van der Waals surface area contributed by atoms with E-state index in [0.29, 0.717) is 5.69 Å². The van der Waals surface area contributed by atoms with Crippen LogP contribution in [0.5, 0.6) is 0 Å². The first kappa shape index (κ1) is 19.8. The fourth-order valence-electron chi connectivity index (χ4n) is 2.42. The minimum atomic E-state index is -1.01. The molecular weight excluding hydrogens is 354 g/mol. The number of hydrogen-bond donors (Lipinski definition) is 1. The molecule has 9 nitrogen and oxygen atoms in total. The molecule has 1 heterocycles. The molecule has 2 aromatic rings. The van der Waals surface area contributed by atoms with E-state index in [2.05, 4.69) is 10.1 Å². The van der Waals surface area contributed by atoms with Crippen LogP contribution in [0.25, 0.3) is 0 Å². The van der Waals surface area contributed by atoms with Gasteiger partial charge in [0.2, 0.25) is 5.91 Å². The van der Waals surface area contributed by atoms with Crippen LogP contribution in [0.3, 0.4) is 0 Å². The van der Waals surface area contributed by atoms with Crippen molar-refractivity contribution in [3.8, 4) is 0 Å². The Morgan fingerprint density at radius 2 is 2.00 bits per heavy atom. The van der Waals surface area contributed by atoms with Crippen molar-refractivity contribution in [2.24, 2.45) is 0 Å². The summed E-state index contributed by atoms with van der Waals surface area (Å²) in [5.74, 6) is -1.30. The molecule has 1 N–H and O–H groups in total. The Labute approximate surface area is 154 Å². The van der Waals surface area contributed by atoms with Crippen molar-refractivity contribution >= 4 is 23.3 Å². The zero-order valence-electron chi connectivity index (χ0n) is 15.1. The molecule has 0 fully saturated rings. The summed E-state index contributed by atoms with van der Waals surface area (Å²) >= 11 is 0. The zero-order chi connectivity index (χ0) is 20.1. The maximum absolute atomic E-state index is 12.3. The second-order valence-corrected chi connectivity index (χ2v) is 6.12. The highest BCUT2D eigenvalue weighted by atomic mass is 16.6. The Balaban J connectivity index is 2.30. The second kappa shape index (κ2) is 8.26. The molecule has 1 aromatic heterocycles. The molecule has 0 radical (unpaired) electrons. The van der Waals surface area contributed by atoms with Gasteiger partial charge < -0.3 is 10.1 Å². The second-order valence-electron chi connectivity index (χ2n) is 6.12. The number of pyridine rings is 1. The number of hydrogen-bond acceptors (Lipinski definition) is 6. The van der Waals surface area contributed by atoms with Crippen LogP contribution in [0.2, 0.25) is 0 Å². The fourth-order valence-corrected chi connectivity index (χ4v) is 2.42. The van der Waals surface area contributed by atoms with E-state index < -0.39 is 40.2 Å². The maximum Gasteiger partial charge on any atom is 0.343 e. The molecule has 0 saturated carbocycles. The standard InChI is InChI=1S/C18H19N3O6/c1-11(2)12-5-4-6-13(7-12)19-16(22)10-20-9-14(21(25)26)8-15(17(20)23)18(24)27-3/h4-9,11H,10H2,1-3H3,(H,19,22). The summed E-state index contributed by atoms with van der Waals surface area (Å²) in [5, 5.41) is 13.7. The van der Waals surface area contributed by atoms with Crippen LogP contribution >= 0.6 is 0 Å². The van der Waals surface area contributed by atoms with Crippen molar-refractivity contribution in [1.82, 2.24) is 4.57 Å². The lowest BCUT2D eigenvalue weighted by Crippen LogP contribution is -2.31. The Kier molecular flexibility index (Phi) is 6.07. The number of nitrogens with zero attached hydrogens (tertiary/aromatic N) is 2. The van der Waals surface area contributed by atoms with Gasteiger partial charge in [0, 0.05) is 11.8 Å². The van der Waals surface area contributed by atoms with Crippen molar-refractivity contribution in [2.45, 2.75) is 26.3 Å². The van der Waals surface area contributed by atoms with Gasteiger partial charge in [0.1, 0.15) is 12.1 Å². The fraction of sp³-hybridized carbons (Fsp3) is 0.278. The topological polar surface area (TPSA) is 121 Å². The van der Waals surface area contributed by atoms with Crippen LogP contribution < -0.4 is 10.9 Å². The maximum atomic E-state index is 12.3. The predicted molar refractivity (Wildman–Crippen MR) is 97.9 cm³/mol. The first-order chi connectivity index (χ1) is 12.7. The average molecular weight is 373 g/mol. The quantitative estimate of drug-likeness (QED) is 0.471. The van der Waals surface area contributed by atoms with Crippen LogP contribution in [0.4, 0.5) is 11.4 Å². The molecule has 1 aromatic carbocycles. The van der Waals surface area contributed by atoms with Crippen molar-refractivity contribution in [1.29, 1.82) is 0 Å². The molecule has 0 aliphatic rings. The van der Waals surface area contributed by atoms with Crippen molar-refractivity contribution < 1.29 is 19.2 Å². The zero-order valence-corrected chi connectivity index (χ0v) is 15.1. The van der Waals surface area contributed by atoms with E-state index in [1.807, 2.05) is 19.9 Å². The van der Waals surface area contributed by atoms with Gasteiger partial charge in [0.05, 0.1) is 18.2 Å². The molecule has 0 spiro atoms. The summed E-state index contributed by atoms with van der Waals surface area (Å²) in [4.78, 5) is 46.6. The number of ether oxygens (including phenoxy) is 1. The van der Waals surface area contributed by atoms with E-state index in [-0.39, 0.29) is 5.92 Å². The van der Waals surface area contributed by atoms with Gasteiger partial charge in [-0.25, -0.2) is 4.79 Å². The minimum Gasteiger partial charge on any atom is -0.465 e. The van der Waals surface area contributed by atoms with Gasteiger partial charge in [-0.1, -0.05) is 26.0 Å². The van der Waals surface area contributed by atoms with Crippen LogP contribution in [0.1, 0.15) is 35.7 Å². The molecule has 0 bridgehead atoms. The highest BCUT2D eigenvalue weighted by Crippen LogP contribution is 2.18. The lowest BCUT2D eigenvalue weighted by Gasteiger charge is -2.11. The van der Waals surface area contributed by atoms with Gasteiger partial charge in [-0.3, -0.25) is 24.3 Å². The molecule has 27 heavy (non-hydrogen) atoms. The Bertz CT molecular complexity index is 948. The van der Waals surface area contributed by atoms with Gasteiger partial charge in [-0.15, -0.1) is 0 Å². The van der Waals surface area contributed by atoms with Crippen LogP contribution in [-0.2, 0) is 16.1 Å². The third kappa shape index (κ3) is 4.78. The van der Waals surface area contributed by atoms with E-state index in [0.717, 1.165) is 29.5 Å². The van der Waals surface area contributed by atoms with Crippen molar-refractivity contribution in [3.63, 3.8) is 0 Å². The lowest BCUT2D eigenvalue weighted by atomic mass is 10.0. The largest absolute Gasteiger partial charge is 0.465 e. The van der Waals surface area contributed by atoms with E-state index in [1.54, 1.807) is 18.2 Å². The van der Waals surface area contributed by atoms with Crippen molar-refractivity contribution in [3.05, 3.63) is 68.1 Å². The molecule has 1 amide bonds. The summed E-state index contributed by atoms with van der Waals surface area (Å²) in [6, 6.07) is 8.04. The van der Waals surface area contributed by atoms with E-state index in [1.165, 1.54) is 0 Å². The predicted octanol–water partition coefficient (Wildman–Crippen LogP) is 2.31. The molecule has 2 rings (SSSR count). The molecule has 0 aliphatic heterocycles. The number of aromatic nitrogens is 1. The highest BCUT2D eigenvalue weighted by molar-refractivity contribution is 5.91. The minimum absolute atomic E-state index is 0.267. The number of nitrogens with one attached hydrogen (secondary N) is 1. The van der Waals surface area contributed by atoms with Crippen molar-refractivity contribution in [2.75, 3.05) is 12.4 Å².